The van der Waals surface area contributed by atoms with Crippen molar-refractivity contribution in [3.63, 3.8) is 0 Å². The summed E-state index contributed by atoms with van der Waals surface area (Å²) in [7, 11) is 1.40. The highest BCUT2D eigenvalue weighted by Gasteiger charge is 2.22. The van der Waals surface area contributed by atoms with Gasteiger partial charge in [-0.3, -0.25) is 4.79 Å². The van der Waals surface area contributed by atoms with E-state index in [1.54, 1.807) is 23.1 Å². The molecule has 1 aromatic heterocycles. The molecule has 0 fully saturated rings. The molecule has 17 heavy (non-hydrogen) atoms. The lowest BCUT2D eigenvalue weighted by atomic mass is 10.1. The Labute approximate surface area is 118 Å². The topological polar surface area (TPSA) is 52.3 Å². The van der Waals surface area contributed by atoms with Crippen LogP contribution in [0.3, 0.4) is 0 Å². The SMILES string of the molecule is CCC(N)C(SCC(=O)OC)c1ccc(Br)s1. The van der Waals surface area contributed by atoms with Gasteiger partial charge in [0, 0.05) is 10.9 Å². The van der Waals surface area contributed by atoms with Gasteiger partial charge in [-0.15, -0.1) is 23.1 Å². The average molecular weight is 338 g/mol. The van der Waals surface area contributed by atoms with E-state index < -0.39 is 0 Å². The molecule has 0 radical (unpaired) electrons. The first-order chi connectivity index (χ1) is 8.08. The highest BCUT2D eigenvalue weighted by Crippen LogP contribution is 2.38. The van der Waals surface area contributed by atoms with Crippen LogP contribution in [0.4, 0.5) is 0 Å². The van der Waals surface area contributed by atoms with Crippen molar-refractivity contribution in [3.05, 3.63) is 20.8 Å². The number of halogens is 1. The molecule has 0 spiro atoms. The number of methoxy groups -OCH3 is 1. The molecule has 2 N–H and O–H groups in total. The molecule has 0 aromatic carbocycles. The number of nitrogens with two attached hydrogens (primary N) is 1. The first kappa shape index (κ1) is 15.0. The molecule has 2 unspecified atom stereocenters. The van der Waals surface area contributed by atoms with Crippen LogP contribution in [0.15, 0.2) is 15.9 Å². The number of hydrogen-bond acceptors (Lipinski definition) is 5. The van der Waals surface area contributed by atoms with E-state index in [4.69, 9.17) is 5.73 Å². The maximum absolute atomic E-state index is 11.2. The summed E-state index contributed by atoms with van der Waals surface area (Å²) in [5, 5.41) is 0.149. The number of thioether (sulfide) groups is 1. The highest BCUT2D eigenvalue weighted by molar-refractivity contribution is 9.11. The molecule has 0 amide bonds. The molecule has 0 aliphatic carbocycles. The Balaban J connectivity index is 2.70. The molecule has 0 aliphatic rings. The molecule has 0 saturated heterocycles. The summed E-state index contributed by atoms with van der Waals surface area (Å²) in [4.78, 5) is 12.4. The van der Waals surface area contributed by atoms with Gasteiger partial charge >= 0.3 is 5.97 Å². The van der Waals surface area contributed by atoms with Crippen LogP contribution in [0, 0.1) is 0 Å². The summed E-state index contributed by atoms with van der Waals surface area (Å²) < 4.78 is 5.73. The third-order valence-electron chi connectivity index (χ3n) is 2.34. The first-order valence-electron chi connectivity index (χ1n) is 5.27. The molecular weight excluding hydrogens is 322 g/mol. The van der Waals surface area contributed by atoms with Gasteiger partial charge in [0.15, 0.2) is 0 Å². The van der Waals surface area contributed by atoms with Crippen LogP contribution < -0.4 is 5.73 Å². The van der Waals surface area contributed by atoms with Crippen LogP contribution in [0.2, 0.25) is 0 Å². The Morgan fingerprint density at radius 3 is 2.82 bits per heavy atom. The first-order valence-corrected chi connectivity index (χ1v) is 7.93. The summed E-state index contributed by atoms with van der Waals surface area (Å²) in [5.74, 6) is 0.128. The van der Waals surface area contributed by atoms with Gasteiger partial charge in [-0.1, -0.05) is 6.92 Å². The van der Waals surface area contributed by atoms with Crippen molar-refractivity contribution in [3.8, 4) is 0 Å². The summed E-state index contributed by atoms with van der Waals surface area (Å²) in [6.07, 6.45) is 0.883. The lowest BCUT2D eigenvalue weighted by Crippen LogP contribution is -2.26. The summed E-state index contributed by atoms with van der Waals surface area (Å²) in [6.45, 7) is 2.05. The van der Waals surface area contributed by atoms with Crippen molar-refractivity contribution >= 4 is 45.0 Å². The van der Waals surface area contributed by atoms with Gasteiger partial charge in [0.2, 0.25) is 0 Å². The molecule has 3 nitrogen and oxygen atoms in total. The van der Waals surface area contributed by atoms with E-state index in [0.29, 0.717) is 5.75 Å². The van der Waals surface area contributed by atoms with Crippen LogP contribution in [-0.4, -0.2) is 24.9 Å². The van der Waals surface area contributed by atoms with E-state index in [9.17, 15) is 4.79 Å². The molecular formula is C11H16BrNO2S2. The fourth-order valence-electron chi connectivity index (χ4n) is 1.33. The third-order valence-corrected chi connectivity index (χ3v) is 5.56. The fourth-order valence-corrected chi connectivity index (χ4v) is 4.27. The molecule has 6 heteroatoms. The van der Waals surface area contributed by atoms with Crippen LogP contribution in [0.5, 0.6) is 0 Å². The van der Waals surface area contributed by atoms with Gasteiger partial charge in [-0.25, -0.2) is 0 Å². The largest absolute Gasteiger partial charge is 0.468 e. The van der Waals surface area contributed by atoms with Crippen molar-refractivity contribution in [1.82, 2.24) is 0 Å². The Bertz CT molecular complexity index is 370. The minimum absolute atomic E-state index is 0.0511. The fraction of sp³-hybridized carbons (Fsp3) is 0.545. The summed E-state index contributed by atoms with van der Waals surface area (Å²) in [5.41, 5.74) is 6.10. The standard InChI is InChI=1S/C11H16BrNO2S2/c1-3-7(13)11(16-6-10(14)15-2)8-4-5-9(12)17-8/h4-5,7,11H,3,6,13H2,1-2H3. The minimum atomic E-state index is -0.209. The van der Waals surface area contributed by atoms with Crippen molar-refractivity contribution < 1.29 is 9.53 Å². The maximum atomic E-state index is 11.2. The molecule has 0 bridgehead atoms. The predicted molar refractivity (Wildman–Crippen MR) is 77.5 cm³/mol. The number of ether oxygens (including phenoxy) is 1. The van der Waals surface area contributed by atoms with Crippen LogP contribution in [-0.2, 0) is 9.53 Å². The van der Waals surface area contributed by atoms with Gasteiger partial charge in [0.1, 0.15) is 0 Å². The zero-order chi connectivity index (χ0) is 12.8. The third kappa shape index (κ3) is 4.62. The normalized spacial score (nSPS) is 14.4. The molecule has 1 aromatic rings. The molecule has 0 aliphatic heterocycles. The molecule has 1 rings (SSSR count). The van der Waals surface area contributed by atoms with Crippen LogP contribution in [0.25, 0.3) is 0 Å². The van der Waals surface area contributed by atoms with E-state index in [-0.39, 0.29) is 17.3 Å². The van der Waals surface area contributed by atoms with E-state index in [0.717, 1.165) is 10.2 Å². The van der Waals surface area contributed by atoms with Gasteiger partial charge < -0.3 is 10.5 Å². The number of hydrogen-bond donors (Lipinski definition) is 1. The predicted octanol–water partition coefficient (Wildman–Crippen LogP) is 3.20. The number of carbonyl (C=O) groups excluding carboxylic acids is 1. The molecule has 2 atom stereocenters. The second-order valence-electron chi connectivity index (χ2n) is 3.52. The smallest absolute Gasteiger partial charge is 0.315 e. The Morgan fingerprint density at radius 1 is 1.65 bits per heavy atom. The monoisotopic (exact) mass is 337 g/mol. The summed E-state index contributed by atoms with van der Waals surface area (Å²) >= 11 is 6.65. The Hall–Kier alpha value is -0.0400. The van der Waals surface area contributed by atoms with E-state index >= 15 is 0 Å². The lowest BCUT2D eigenvalue weighted by molar-refractivity contribution is -0.137. The van der Waals surface area contributed by atoms with E-state index in [1.807, 2.05) is 6.07 Å². The zero-order valence-electron chi connectivity index (χ0n) is 9.81. The Kier molecular flexibility index (Phi) is 6.54. The van der Waals surface area contributed by atoms with Crippen LogP contribution >= 0.6 is 39.0 Å². The van der Waals surface area contributed by atoms with Gasteiger partial charge in [-0.2, -0.15) is 0 Å². The van der Waals surface area contributed by atoms with E-state index in [1.165, 1.54) is 12.0 Å². The van der Waals surface area contributed by atoms with Gasteiger partial charge in [0.05, 0.1) is 21.9 Å². The van der Waals surface area contributed by atoms with Crippen molar-refractivity contribution in [2.24, 2.45) is 5.73 Å². The molecule has 1 heterocycles. The van der Waals surface area contributed by atoms with Gasteiger partial charge in [0.25, 0.3) is 0 Å². The van der Waals surface area contributed by atoms with Crippen LogP contribution in [0.1, 0.15) is 23.5 Å². The van der Waals surface area contributed by atoms with E-state index in [2.05, 4.69) is 33.7 Å². The maximum Gasteiger partial charge on any atom is 0.315 e. The van der Waals surface area contributed by atoms with Crippen molar-refractivity contribution in [1.29, 1.82) is 0 Å². The van der Waals surface area contributed by atoms with Crippen molar-refractivity contribution in [2.75, 3.05) is 12.9 Å². The quantitative estimate of drug-likeness (QED) is 0.810. The van der Waals surface area contributed by atoms with Crippen molar-refractivity contribution in [2.45, 2.75) is 24.6 Å². The van der Waals surface area contributed by atoms with Gasteiger partial charge in [-0.05, 0) is 34.5 Å². The molecule has 96 valence electrons. The number of carbonyl (C=O) groups is 1. The second kappa shape index (κ2) is 7.41. The summed E-state index contributed by atoms with van der Waals surface area (Å²) in [6, 6.07) is 4.11. The number of thiophene rings is 1. The lowest BCUT2D eigenvalue weighted by Gasteiger charge is -2.20. The highest BCUT2D eigenvalue weighted by atomic mass is 79.9. The minimum Gasteiger partial charge on any atom is -0.468 e. The Morgan fingerprint density at radius 2 is 2.35 bits per heavy atom. The second-order valence-corrected chi connectivity index (χ2v) is 7.15. The zero-order valence-corrected chi connectivity index (χ0v) is 13.0. The number of esters is 1. The average Bonchev–Trinajstić information content (AvgIpc) is 2.75. The number of rotatable bonds is 6. The molecule has 0 saturated carbocycles.